The lowest BCUT2D eigenvalue weighted by Gasteiger charge is -2.19. The molecular weight excluding hydrogens is 422 g/mol. The fraction of sp³-hybridized carbons (Fsp3) is 0.308. The summed E-state index contributed by atoms with van der Waals surface area (Å²) in [5.41, 5.74) is 8.39. The molecule has 172 valence electrons. The zero-order chi connectivity index (χ0) is 23.5. The van der Waals surface area contributed by atoms with Crippen molar-refractivity contribution in [2.75, 3.05) is 32.4 Å². The van der Waals surface area contributed by atoms with E-state index >= 15 is 0 Å². The van der Waals surface area contributed by atoms with Crippen molar-refractivity contribution < 1.29 is 13.6 Å². The van der Waals surface area contributed by atoms with Gasteiger partial charge in [0.25, 0.3) is 5.91 Å². The smallest absolute Gasteiger partial charge is 0.254 e. The molecule has 1 fully saturated rings. The Morgan fingerprint density at radius 1 is 1.09 bits per heavy atom. The van der Waals surface area contributed by atoms with Crippen LogP contribution in [0.3, 0.4) is 0 Å². The predicted octanol–water partition coefficient (Wildman–Crippen LogP) is 4.52. The summed E-state index contributed by atoms with van der Waals surface area (Å²) in [7, 11) is 2.18. The molecule has 0 aliphatic carbocycles. The Hall–Kier alpha value is -3.32. The van der Waals surface area contributed by atoms with E-state index in [9.17, 15) is 13.6 Å². The Bertz CT molecular complexity index is 1160. The number of rotatable bonds is 2. The molecule has 3 heterocycles. The van der Waals surface area contributed by atoms with Crippen LogP contribution in [0.1, 0.15) is 29.3 Å². The fourth-order valence-electron chi connectivity index (χ4n) is 4.38. The fourth-order valence-corrected chi connectivity index (χ4v) is 4.38. The number of anilines is 1. The third-order valence-corrected chi connectivity index (χ3v) is 6.11. The maximum absolute atomic E-state index is 14.5. The van der Waals surface area contributed by atoms with Crippen molar-refractivity contribution in [3.05, 3.63) is 71.4 Å². The zero-order valence-corrected chi connectivity index (χ0v) is 18.9. The number of nitrogen functional groups attached to an aromatic ring is 1. The molecule has 0 radical (unpaired) electrons. The van der Waals surface area contributed by atoms with Gasteiger partial charge in [-0.1, -0.05) is 37.3 Å². The number of benzene rings is 2. The van der Waals surface area contributed by atoms with E-state index in [4.69, 9.17) is 5.73 Å². The van der Waals surface area contributed by atoms with E-state index in [1.807, 2.05) is 6.07 Å². The highest BCUT2D eigenvalue weighted by molar-refractivity contribution is 5.98. The normalized spacial score (nSPS) is 17.7. The average molecular weight is 451 g/mol. The second-order valence-electron chi connectivity index (χ2n) is 8.78. The minimum atomic E-state index is -0.685. The van der Waals surface area contributed by atoms with Crippen LogP contribution in [0.4, 0.5) is 14.6 Å². The first-order chi connectivity index (χ1) is 15.8. The summed E-state index contributed by atoms with van der Waals surface area (Å²) in [6, 6.07) is 13.5. The Morgan fingerprint density at radius 3 is 2.48 bits per heavy atom. The molecule has 2 aliphatic rings. The van der Waals surface area contributed by atoms with Crippen molar-refractivity contribution in [2.45, 2.75) is 19.8 Å². The first-order valence-corrected chi connectivity index (χ1v) is 11.1. The average Bonchev–Trinajstić information content (AvgIpc) is 3.17. The topological polar surface area (TPSA) is 71.2 Å². The van der Waals surface area contributed by atoms with Crippen molar-refractivity contribution in [1.29, 1.82) is 0 Å². The summed E-state index contributed by atoms with van der Waals surface area (Å²) in [5, 5.41) is 2.62. The van der Waals surface area contributed by atoms with Crippen LogP contribution in [-0.4, -0.2) is 42.5 Å². The maximum Gasteiger partial charge on any atom is 0.254 e. The lowest BCUT2D eigenvalue weighted by Crippen LogP contribution is -2.32. The van der Waals surface area contributed by atoms with Crippen LogP contribution in [0.15, 0.2) is 48.5 Å². The highest BCUT2D eigenvalue weighted by Crippen LogP contribution is 2.34. The Kier molecular flexibility index (Phi) is 6.70. The van der Waals surface area contributed by atoms with E-state index < -0.39 is 17.7 Å². The highest BCUT2D eigenvalue weighted by Gasteiger charge is 2.23. The van der Waals surface area contributed by atoms with Gasteiger partial charge in [-0.15, -0.1) is 0 Å². The Morgan fingerprint density at radius 2 is 1.85 bits per heavy atom. The first-order valence-electron chi connectivity index (χ1n) is 11.1. The summed E-state index contributed by atoms with van der Waals surface area (Å²) >= 11 is 0. The van der Waals surface area contributed by atoms with E-state index in [2.05, 4.69) is 29.2 Å². The molecule has 0 saturated carbocycles. The third kappa shape index (κ3) is 5.03. The number of halogens is 2. The number of aromatic nitrogens is 1. The summed E-state index contributed by atoms with van der Waals surface area (Å²) in [6.07, 6.45) is 1.92. The molecule has 3 aromatic rings. The molecule has 0 bridgehead atoms. The monoisotopic (exact) mass is 450 g/mol. The molecule has 3 N–H and O–H groups in total. The van der Waals surface area contributed by atoms with Crippen LogP contribution in [0.2, 0.25) is 0 Å². The molecule has 5 rings (SSSR count). The minimum absolute atomic E-state index is 0.0261. The predicted molar refractivity (Wildman–Crippen MR) is 127 cm³/mol. The Balaban J connectivity index is 0.000000318. The molecule has 5 nitrogen and oxygen atoms in total. The van der Waals surface area contributed by atoms with E-state index in [1.165, 1.54) is 25.6 Å². The van der Waals surface area contributed by atoms with Crippen molar-refractivity contribution >= 4 is 11.7 Å². The third-order valence-electron chi connectivity index (χ3n) is 6.11. The second kappa shape index (κ2) is 9.67. The van der Waals surface area contributed by atoms with Gasteiger partial charge in [0.1, 0.15) is 11.6 Å². The molecule has 1 atom stereocenters. The second-order valence-corrected chi connectivity index (χ2v) is 8.78. The van der Waals surface area contributed by atoms with Crippen LogP contribution in [0, 0.1) is 17.7 Å². The lowest BCUT2D eigenvalue weighted by atomic mass is 9.93. The van der Waals surface area contributed by atoms with E-state index in [-0.39, 0.29) is 16.9 Å². The molecular formula is C26H28F2N4O. The number of likely N-dealkylation sites (tertiary alicyclic amines) is 1. The van der Waals surface area contributed by atoms with Crippen molar-refractivity contribution in [3.63, 3.8) is 0 Å². The molecule has 2 aromatic carbocycles. The van der Waals surface area contributed by atoms with Crippen LogP contribution < -0.4 is 11.1 Å². The molecule has 1 aromatic heterocycles. The van der Waals surface area contributed by atoms with Gasteiger partial charge in [-0.25, -0.2) is 9.37 Å². The number of fused-ring (bicyclic) bond motifs is 1. The number of nitrogens with zero attached hydrogens (tertiary/aromatic N) is 2. The molecule has 1 unspecified atom stereocenters. The van der Waals surface area contributed by atoms with Crippen LogP contribution in [0.25, 0.3) is 22.3 Å². The number of nitrogens with two attached hydrogens (primary N) is 1. The number of hydrogen-bond acceptors (Lipinski definition) is 4. The number of hydrogen-bond donors (Lipinski definition) is 2. The maximum atomic E-state index is 14.5. The number of pyridine rings is 1. The van der Waals surface area contributed by atoms with Crippen LogP contribution >= 0.6 is 0 Å². The van der Waals surface area contributed by atoms with Crippen molar-refractivity contribution in [2.24, 2.45) is 5.92 Å². The summed E-state index contributed by atoms with van der Waals surface area (Å²) < 4.78 is 28.8. The molecule has 2 aliphatic heterocycles. The summed E-state index contributed by atoms with van der Waals surface area (Å²) in [6.45, 7) is 5.37. The Labute approximate surface area is 192 Å². The van der Waals surface area contributed by atoms with Crippen molar-refractivity contribution in [1.82, 2.24) is 15.2 Å². The van der Waals surface area contributed by atoms with Crippen LogP contribution in [-0.2, 0) is 6.42 Å². The van der Waals surface area contributed by atoms with E-state index in [0.29, 0.717) is 35.2 Å². The van der Waals surface area contributed by atoms with E-state index in [1.54, 1.807) is 36.4 Å². The summed E-state index contributed by atoms with van der Waals surface area (Å²) in [4.78, 5) is 18.0. The highest BCUT2D eigenvalue weighted by atomic mass is 19.1. The number of carbonyl (C=O) groups excluding carboxylic acids is 1. The molecule has 33 heavy (non-hydrogen) atoms. The summed E-state index contributed by atoms with van der Waals surface area (Å²) in [5.74, 6) is -0.813. The van der Waals surface area contributed by atoms with Gasteiger partial charge in [0.2, 0.25) is 5.95 Å². The van der Waals surface area contributed by atoms with Gasteiger partial charge >= 0.3 is 0 Å². The van der Waals surface area contributed by atoms with Gasteiger partial charge in [0, 0.05) is 24.2 Å². The zero-order valence-electron chi connectivity index (χ0n) is 18.9. The van der Waals surface area contributed by atoms with Crippen molar-refractivity contribution in [3.8, 4) is 22.3 Å². The standard InChI is InChI=1S/C20H15F2N3O.C6H13N/c21-16-9-13(8-12-6-7-24-20(26)17(12)16)15-10-14(18(22)25-19(15)23)11-4-2-1-3-5-11;1-6-3-4-7(2)5-6/h1-5,8-10H,6-7H2,(H2,23,25)(H,24,26);6H,3-5H2,1-2H3. The number of carbonyl (C=O) groups is 1. The number of nitrogens with one attached hydrogen (secondary N) is 1. The van der Waals surface area contributed by atoms with Gasteiger partial charge in [0.15, 0.2) is 0 Å². The quantitative estimate of drug-likeness (QED) is 0.563. The molecule has 0 spiro atoms. The van der Waals surface area contributed by atoms with Gasteiger partial charge in [-0.05, 0) is 67.2 Å². The van der Waals surface area contributed by atoms with Gasteiger partial charge < -0.3 is 16.0 Å². The largest absolute Gasteiger partial charge is 0.383 e. The number of amides is 1. The van der Waals surface area contributed by atoms with Gasteiger partial charge in [0.05, 0.1) is 5.56 Å². The van der Waals surface area contributed by atoms with Gasteiger partial charge in [-0.2, -0.15) is 4.39 Å². The lowest BCUT2D eigenvalue weighted by molar-refractivity contribution is 0.0941. The van der Waals surface area contributed by atoms with E-state index in [0.717, 1.165) is 5.92 Å². The first kappa shape index (κ1) is 22.9. The minimum Gasteiger partial charge on any atom is -0.383 e. The molecule has 1 saturated heterocycles. The van der Waals surface area contributed by atoms with Gasteiger partial charge in [-0.3, -0.25) is 4.79 Å². The SMILES string of the molecule is CC1CCN(C)C1.Nc1nc(F)c(-c2ccccc2)cc1-c1cc(F)c2c(c1)CCNC2=O. The molecule has 7 heteroatoms. The molecule has 1 amide bonds. The van der Waals surface area contributed by atoms with Crippen LogP contribution in [0.5, 0.6) is 0 Å².